The molecule has 98 valence electrons. The first kappa shape index (κ1) is 13.0. The maximum atomic E-state index is 13.7. The molecule has 0 radical (unpaired) electrons. The number of nitrogens with zero attached hydrogens (tertiary/aromatic N) is 1. The van der Waals surface area contributed by atoms with Crippen LogP contribution in [0.1, 0.15) is 21.6 Å². The summed E-state index contributed by atoms with van der Waals surface area (Å²) in [6.45, 7) is 2.09. The molecule has 19 heavy (non-hydrogen) atoms. The van der Waals surface area contributed by atoms with Gasteiger partial charge in [0.1, 0.15) is 5.82 Å². The van der Waals surface area contributed by atoms with E-state index in [1.807, 2.05) is 18.2 Å². The van der Waals surface area contributed by atoms with Crippen molar-refractivity contribution in [2.45, 2.75) is 13.5 Å². The molecule has 1 aromatic heterocycles. The molecule has 0 spiro atoms. The summed E-state index contributed by atoms with van der Waals surface area (Å²) in [6.07, 6.45) is 1.68. The molecular weight excluding hydrogens is 245 g/mol. The highest BCUT2D eigenvalue weighted by Crippen LogP contribution is 2.21. The molecule has 1 aromatic carbocycles. The molecule has 0 saturated heterocycles. The standard InChI is InChI=1S/C14H14FN3O/c1-9-12(15)6-10(14(16)19)7-13(9)18-8-11-4-2-3-5-17-11/h2-7,18H,8H2,1H3,(H2,16,19). The SMILES string of the molecule is Cc1c(F)cc(C(N)=O)cc1NCc1ccccn1. The zero-order valence-corrected chi connectivity index (χ0v) is 10.5. The molecule has 0 atom stereocenters. The number of amides is 1. The molecular formula is C14H14FN3O. The third kappa shape index (κ3) is 3.07. The van der Waals surface area contributed by atoms with Crippen LogP contribution < -0.4 is 11.1 Å². The first-order valence-corrected chi connectivity index (χ1v) is 5.81. The van der Waals surface area contributed by atoms with E-state index in [-0.39, 0.29) is 5.56 Å². The molecule has 0 unspecified atom stereocenters. The fourth-order valence-electron chi connectivity index (χ4n) is 1.69. The molecule has 0 bridgehead atoms. The van der Waals surface area contributed by atoms with E-state index in [1.54, 1.807) is 19.2 Å². The van der Waals surface area contributed by atoms with Crippen LogP contribution in [0, 0.1) is 12.7 Å². The van der Waals surface area contributed by atoms with Crippen LogP contribution >= 0.6 is 0 Å². The number of pyridine rings is 1. The van der Waals surface area contributed by atoms with Gasteiger partial charge in [-0.1, -0.05) is 6.07 Å². The van der Waals surface area contributed by atoms with Gasteiger partial charge in [0, 0.05) is 23.0 Å². The van der Waals surface area contributed by atoms with E-state index < -0.39 is 11.7 Å². The molecule has 0 fully saturated rings. The Balaban J connectivity index is 2.22. The van der Waals surface area contributed by atoms with E-state index in [9.17, 15) is 9.18 Å². The van der Waals surface area contributed by atoms with Crippen LogP contribution in [0.3, 0.4) is 0 Å². The van der Waals surface area contributed by atoms with E-state index in [2.05, 4.69) is 10.3 Å². The molecule has 4 nitrogen and oxygen atoms in total. The maximum Gasteiger partial charge on any atom is 0.248 e. The van der Waals surface area contributed by atoms with Crippen LogP contribution in [0.2, 0.25) is 0 Å². The lowest BCUT2D eigenvalue weighted by molar-refractivity contribution is 0.1000. The molecule has 1 heterocycles. The van der Waals surface area contributed by atoms with Gasteiger partial charge in [0.25, 0.3) is 0 Å². The van der Waals surface area contributed by atoms with Crippen molar-refractivity contribution in [3.8, 4) is 0 Å². The molecule has 1 amide bonds. The Kier molecular flexibility index (Phi) is 3.75. The lowest BCUT2D eigenvalue weighted by Gasteiger charge is -2.11. The van der Waals surface area contributed by atoms with Gasteiger partial charge in [-0.15, -0.1) is 0 Å². The van der Waals surface area contributed by atoms with Crippen molar-refractivity contribution >= 4 is 11.6 Å². The van der Waals surface area contributed by atoms with Gasteiger partial charge in [0.05, 0.1) is 12.2 Å². The second kappa shape index (κ2) is 5.48. The van der Waals surface area contributed by atoms with Crippen molar-refractivity contribution in [3.05, 3.63) is 59.2 Å². The summed E-state index contributed by atoms with van der Waals surface area (Å²) in [5.74, 6) is -1.11. The maximum absolute atomic E-state index is 13.7. The van der Waals surface area contributed by atoms with Crippen LogP contribution in [0.4, 0.5) is 10.1 Å². The second-order valence-electron chi connectivity index (χ2n) is 4.17. The third-order valence-corrected chi connectivity index (χ3v) is 2.81. The van der Waals surface area contributed by atoms with Gasteiger partial charge in [-0.3, -0.25) is 9.78 Å². The Morgan fingerprint density at radius 3 is 2.84 bits per heavy atom. The Labute approximate surface area is 110 Å². The number of carbonyl (C=O) groups excluding carboxylic acids is 1. The number of rotatable bonds is 4. The van der Waals surface area contributed by atoms with Crippen LogP contribution in [0.15, 0.2) is 36.5 Å². The molecule has 5 heteroatoms. The summed E-state index contributed by atoms with van der Waals surface area (Å²) in [5, 5.41) is 3.06. The monoisotopic (exact) mass is 259 g/mol. The van der Waals surface area contributed by atoms with Gasteiger partial charge in [-0.2, -0.15) is 0 Å². The number of hydrogen-bond donors (Lipinski definition) is 2. The van der Waals surface area contributed by atoms with Gasteiger partial charge >= 0.3 is 0 Å². The highest BCUT2D eigenvalue weighted by molar-refractivity contribution is 5.94. The number of nitrogens with two attached hydrogens (primary N) is 1. The van der Waals surface area contributed by atoms with Crippen molar-refractivity contribution in [2.75, 3.05) is 5.32 Å². The van der Waals surface area contributed by atoms with Gasteiger partial charge < -0.3 is 11.1 Å². The zero-order valence-electron chi connectivity index (χ0n) is 10.5. The fourth-order valence-corrected chi connectivity index (χ4v) is 1.69. The summed E-state index contributed by atoms with van der Waals surface area (Å²) in [4.78, 5) is 15.3. The van der Waals surface area contributed by atoms with E-state index in [4.69, 9.17) is 5.73 Å². The van der Waals surface area contributed by atoms with Crippen molar-refractivity contribution in [1.82, 2.24) is 4.98 Å². The van der Waals surface area contributed by atoms with Crippen molar-refractivity contribution < 1.29 is 9.18 Å². The second-order valence-corrected chi connectivity index (χ2v) is 4.17. The van der Waals surface area contributed by atoms with Gasteiger partial charge in [-0.25, -0.2) is 4.39 Å². The summed E-state index contributed by atoms with van der Waals surface area (Å²) in [5.41, 5.74) is 7.12. The van der Waals surface area contributed by atoms with Gasteiger partial charge in [0.15, 0.2) is 0 Å². The minimum atomic E-state index is -0.653. The van der Waals surface area contributed by atoms with E-state index >= 15 is 0 Å². The summed E-state index contributed by atoms with van der Waals surface area (Å²) < 4.78 is 13.7. The molecule has 0 aliphatic rings. The van der Waals surface area contributed by atoms with Crippen LogP contribution in [0.25, 0.3) is 0 Å². The Morgan fingerprint density at radius 2 is 2.21 bits per heavy atom. The number of anilines is 1. The van der Waals surface area contributed by atoms with Crippen LogP contribution in [0.5, 0.6) is 0 Å². The summed E-state index contributed by atoms with van der Waals surface area (Å²) >= 11 is 0. The topological polar surface area (TPSA) is 68.0 Å². The molecule has 0 aliphatic carbocycles. The number of primary amides is 1. The smallest absolute Gasteiger partial charge is 0.248 e. The molecule has 3 N–H and O–H groups in total. The Bertz CT molecular complexity index is 599. The lowest BCUT2D eigenvalue weighted by atomic mass is 10.1. The van der Waals surface area contributed by atoms with Crippen molar-refractivity contribution in [3.63, 3.8) is 0 Å². The number of benzene rings is 1. The first-order chi connectivity index (χ1) is 9.08. The number of aromatic nitrogens is 1. The van der Waals surface area contributed by atoms with Crippen molar-refractivity contribution in [1.29, 1.82) is 0 Å². The fraction of sp³-hybridized carbons (Fsp3) is 0.143. The van der Waals surface area contributed by atoms with Gasteiger partial charge in [-0.05, 0) is 31.2 Å². The highest BCUT2D eigenvalue weighted by atomic mass is 19.1. The highest BCUT2D eigenvalue weighted by Gasteiger charge is 2.10. The average Bonchev–Trinajstić information content (AvgIpc) is 2.41. The quantitative estimate of drug-likeness (QED) is 0.884. The Hall–Kier alpha value is -2.43. The average molecular weight is 259 g/mol. The Morgan fingerprint density at radius 1 is 1.42 bits per heavy atom. The molecule has 0 saturated carbocycles. The lowest BCUT2D eigenvalue weighted by Crippen LogP contribution is -2.13. The first-order valence-electron chi connectivity index (χ1n) is 5.81. The minimum absolute atomic E-state index is 0.145. The normalized spacial score (nSPS) is 10.2. The number of hydrogen-bond acceptors (Lipinski definition) is 3. The van der Waals surface area contributed by atoms with Crippen LogP contribution in [-0.2, 0) is 6.54 Å². The van der Waals surface area contributed by atoms with Gasteiger partial charge in [0.2, 0.25) is 5.91 Å². The number of carbonyl (C=O) groups is 1. The van der Waals surface area contributed by atoms with E-state index in [1.165, 1.54) is 0 Å². The van der Waals surface area contributed by atoms with E-state index in [0.717, 1.165) is 11.8 Å². The summed E-state index contributed by atoms with van der Waals surface area (Å²) in [6, 6.07) is 8.24. The number of nitrogens with one attached hydrogen (secondary N) is 1. The molecule has 2 aromatic rings. The number of halogens is 1. The summed E-state index contributed by atoms with van der Waals surface area (Å²) in [7, 11) is 0. The minimum Gasteiger partial charge on any atom is -0.379 e. The predicted molar refractivity (Wildman–Crippen MR) is 71.2 cm³/mol. The third-order valence-electron chi connectivity index (χ3n) is 2.81. The molecule has 0 aliphatic heterocycles. The van der Waals surface area contributed by atoms with Crippen LogP contribution in [-0.4, -0.2) is 10.9 Å². The molecule has 2 rings (SSSR count). The zero-order chi connectivity index (χ0) is 13.8. The largest absolute Gasteiger partial charge is 0.379 e. The predicted octanol–water partition coefficient (Wildman–Crippen LogP) is 2.24. The van der Waals surface area contributed by atoms with E-state index in [0.29, 0.717) is 17.8 Å². The van der Waals surface area contributed by atoms with Crippen molar-refractivity contribution in [2.24, 2.45) is 5.73 Å².